The van der Waals surface area contributed by atoms with E-state index in [1.54, 1.807) is 13.3 Å². The predicted molar refractivity (Wildman–Crippen MR) is 121 cm³/mol. The van der Waals surface area contributed by atoms with Crippen LogP contribution in [0, 0.1) is 6.92 Å². The number of hydrogen-bond donors (Lipinski definition) is 1. The van der Waals surface area contributed by atoms with E-state index in [1.165, 1.54) is 12.0 Å². The third-order valence-electron chi connectivity index (χ3n) is 5.74. The molecule has 1 aliphatic rings. The zero-order valence-corrected chi connectivity index (χ0v) is 18.0. The van der Waals surface area contributed by atoms with Crippen LogP contribution in [0.4, 0.5) is 5.69 Å². The molecule has 1 aromatic heterocycles. The van der Waals surface area contributed by atoms with Crippen molar-refractivity contribution in [3.63, 3.8) is 0 Å². The van der Waals surface area contributed by atoms with Crippen molar-refractivity contribution in [1.29, 1.82) is 0 Å². The molecule has 0 aliphatic carbocycles. The Morgan fingerprint density at radius 1 is 1.13 bits per heavy atom. The lowest BCUT2D eigenvalue weighted by Crippen LogP contribution is -2.34. The molecule has 1 saturated heterocycles. The van der Waals surface area contributed by atoms with Gasteiger partial charge in [-0.05, 0) is 44.0 Å². The summed E-state index contributed by atoms with van der Waals surface area (Å²) in [7, 11) is 1.58. The summed E-state index contributed by atoms with van der Waals surface area (Å²) in [4.78, 5) is 24.7. The number of hydrogen-bond acceptors (Lipinski definition) is 5. The number of amides is 1. The van der Waals surface area contributed by atoms with Gasteiger partial charge in [-0.25, -0.2) is 9.97 Å². The monoisotopic (exact) mass is 416 g/mol. The minimum atomic E-state index is -0.238. The second kappa shape index (κ2) is 9.71. The summed E-state index contributed by atoms with van der Waals surface area (Å²) in [6.45, 7) is 3.77. The smallest absolute Gasteiger partial charge is 0.259 e. The van der Waals surface area contributed by atoms with Gasteiger partial charge >= 0.3 is 0 Å². The first kappa shape index (κ1) is 21.0. The Hall–Kier alpha value is -3.25. The van der Waals surface area contributed by atoms with Crippen molar-refractivity contribution in [2.45, 2.75) is 38.8 Å². The summed E-state index contributed by atoms with van der Waals surface area (Å²) in [5.74, 6) is 1.17. The van der Waals surface area contributed by atoms with E-state index in [9.17, 15) is 4.79 Å². The summed E-state index contributed by atoms with van der Waals surface area (Å²) >= 11 is 0. The van der Waals surface area contributed by atoms with Gasteiger partial charge in [-0.3, -0.25) is 9.69 Å². The lowest BCUT2D eigenvalue weighted by atomic mass is 10.00. The Morgan fingerprint density at radius 2 is 1.90 bits per heavy atom. The molecule has 2 heterocycles. The lowest BCUT2D eigenvalue weighted by molar-refractivity contribution is 0.102. The summed E-state index contributed by atoms with van der Waals surface area (Å²) < 4.78 is 5.32. The third-order valence-corrected chi connectivity index (χ3v) is 5.74. The standard InChI is InChI=1S/C25H28N4O2/c1-18-20(25(30)28-21-12-6-7-14-23(21)31-2)16-26-24(27-18)22-13-8-9-15-29(22)17-19-10-4-3-5-11-19/h3-7,10-12,14,16,22H,8-9,13,15,17H2,1-2H3,(H,28,30)/t22-/m0/s1. The minimum Gasteiger partial charge on any atom is -0.495 e. The SMILES string of the molecule is COc1ccccc1NC(=O)c1cnc([C@@H]2CCCCN2Cc2ccccc2)nc1C. The molecule has 4 rings (SSSR count). The van der Waals surface area contributed by atoms with Crippen molar-refractivity contribution in [1.82, 2.24) is 14.9 Å². The Labute approximate surface area is 183 Å². The van der Waals surface area contributed by atoms with Gasteiger partial charge in [0.15, 0.2) is 0 Å². The van der Waals surface area contributed by atoms with Gasteiger partial charge in [0.25, 0.3) is 5.91 Å². The highest BCUT2D eigenvalue weighted by Crippen LogP contribution is 2.31. The molecule has 0 radical (unpaired) electrons. The highest BCUT2D eigenvalue weighted by Gasteiger charge is 2.27. The number of rotatable bonds is 6. The number of nitrogens with one attached hydrogen (secondary N) is 1. The Balaban J connectivity index is 1.52. The predicted octanol–water partition coefficient (Wildman–Crippen LogP) is 4.77. The maximum absolute atomic E-state index is 12.8. The molecular formula is C25H28N4O2. The van der Waals surface area contributed by atoms with Gasteiger partial charge in [0.05, 0.1) is 30.1 Å². The van der Waals surface area contributed by atoms with Crippen LogP contribution in [-0.4, -0.2) is 34.4 Å². The molecule has 2 aromatic carbocycles. The molecule has 160 valence electrons. The fraction of sp³-hybridized carbons (Fsp3) is 0.320. The largest absolute Gasteiger partial charge is 0.495 e. The van der Waals surface area contributed by atoms with E-state index in [2.05, 4.69) is 39.5 Å². The van der Waals surface area contributed by atoms with E-state index in [1.807, 2.05) is 37.3 Å². The second-order valence-corrected chi connectivity index (χ2v) is 7.85. The van der Waals surface area contributed by atoms with Crippen LogP contribution in [0.1, 0.15) is 52.7 Å². The molecule has 1 N–H and O–H groups in total. The molecule has 0 saturated carbocycles. The number of ether oxygens (including phenoxy) is 1. The van der Waals surface area contributed by atoms with Crippen molar-refractivity contribution < 1.29 is 9.53 Å². The highest BCUT2D eigenvalue weighted by atomic mass is 16.5. The highest BCUT2D eigenvalue weighted by molar-refractivity contribution is 6.05. The van der Waals surface area contributed by atoms with Crippen LogP contribution >= 0.6 is 0 Å². The fourth-order valence-electron chi connectivity index (χ4n) is 4.10. The zero-order valence-electron chi connectivity index (χ0n) is 18.0. The van der Waals surface area contributed by atoms with Gasteiger partial charge in [-0.2, -0.15) is 0 Å². The van der Waals surface area contributed by atoms with Gasteiger partial charge in [-0.1, -0.05) is 48.9 Å². The van der Waals surface area contributed by atoms with Crippen LogP contribution in [0.25, 0.3) is 0 Å². The number of piperidine rings is 1. The van der Waals surface area contributed by atoms with Crippen molar-refractivity contribution in [3.05, 3.63) is 83.4 Å². The average molecular weight is 417 g/mol. The molecule has 6 heteroatoms. The maximum atomic E-state index is 12.8. The fourth-order valence-corrected chi connectivity index (χ4v) is 4.10. The number of carbonyl (C=O) groups excluding carboxylic acids is 1. The van der Waals surface area contributed by atoms with Crippen LogP contribution in [0.15, 0.2) is 60.8 Å². The first-order valence-electron chi connectivity index (χ1n) is 10.7. The number of benzene rings is 2. The van der Waals surface area contributed by atoms with Gasteiger partial charge in [-0.15, -0.1) is 0 Å². The summed E-state index contributed by atoms with van der Waals surface area (Å²) in [5, 5.41) is 2.90. The number of anilines is 1. The molecule has 1 amide bonds. The normalized spacial score (nSPS) is 16.6. The average Bonchev–Trinajstić information content (AvgIpc) is 2.80. The zero-order chi connectivity index (χ0) is 21.6. The second-order valence-electron chi connectivity index (χ2n) is 7.85. The number of nitrogens with zero attached hydrogens (tertiary/aromatic N) is 3. The van der Waals surface area contributed by atoms with E-state index in [4.69, 9.17) is 9.72 Å². The quantitative estimate of drug-likeness (QED) is 0.627. The molecule has 0 unspecified atom stereocenters. The molecule has 3 aromatic rings. The van der Waals surface area contributed by atoms with E-state index < -0.39 is 0 Å². The molecular weight excluding hydrogens is 388 g/mol. The third kappa shape index (κ3) is 4.91. The van der Waals surface area contributed by atoms with Crippen LogP contribution in [0.5, 0.6) is 5.75 Å². The van der Waals surface area contributed by atoms with Crippen LogP contribution < -0.4 is 10.1 Å². The van der Waals surface area contributed by atoms with Gasteiger partial charge < -0.3 is 10.1 Å². The van der Waals surface area contributed by atoms with Crippen molar-refractivity contribution in [2.75, 3.05) is 19.0 Å². The summed E-state index contributed by atoms with van der Waals surface area (Å²) in [6.07, 6.45) is 5.02. The van der Waals surface area contributed by atoms with Crippen LogP contribution in [0.3, 0.4) is 0 Å². The van der Waals surface area contributed by atoms with Gasteiger partial charge in [0.1, 0.15) is 11.6 Å². The Bertz CT molecular complexity index is 1040. The first-order chi connectivity index (χ1) is 15.2. The molecule has 1 aliphatic heterocycles. The number of aryl methyl sites for hydroxylation is 1. The van der Waals surface area contributed by atoms with Crippen molar-refractivity contribution in [3.8, 4) is 5.75 Å². The van der Waals surface area contributed by atoms with E-state index in [-0.39, 0.29) is 11.9 Å². The minimum absolute atomic E-state index is 0.166. The molecule has 31 heavy (non-hydrogen) atoms. The number of aromatic nitrogens is 2. The number of methoxy groups -OCH3 is 1. The maximum Gasteiger partial charge on any atom is 0.259 e. The molecule has 6 nitrogen and oxygen atoms in total. The Morgan fingerprint density at radius 3 is 2.68 bits per heavy atom. The first-order valence-corrected chi connectivity index (χ1v) is 10.7. The number of likely N-dealkylation sites (tertiary alicyclic amines) is 1. The van der Waals surface area contributed by atoms with Crippen LogP contribution in [-0.2, 0) is 6.54 Å². The Kier molecular flexibility index (Phi) is 6.57. The van der Waals surface area contributed by atoms with Crippen molar-refractivity contribution >= 4 is 11.6 Å². The van der Waals surface area contributed by atoms with Crippen molar-refractivity contribution in [2.24, 2.45) is 0 Å². The number of carbonyl (C=O) groups is 1. The van der Waals surface area contributed by atoms with Gasteiger partial charge in [0, 0.05) is 12.7 Å². The van der Waals surface area contributed by atoms with E-state index >= 15 is 0 Å². The van der Waals surface area contributed by atoms with E-state index in [0.29, 0.717) is 22.7 Å². The van der Waals surface area contributed by atoms with Gasteiger partial charge in [0.2, 0.25) is 0 Å². The molecule has 1 atom stereocenters. The topological polar surface area (TPSA) is 67.3 Å². The lowest BCUT2D eigenvalue weighted by Gasteiger charge is -2.34. The summed E-state index contributed by atoms with van der Waals surface area (Å²) in [5.41, 5.74) is 3.07. The number of para-hydroxylation sites is 2. The summed E-state index contributed by atoms with van der Waals surface area (Å²) in [6, 6.07) is 18.0. The molecule has 0 bridgehead atoms. The molecule has 1 fully saturated rings. The molecule has 0 spiro atoms. The van der Waals surface area contributed by atoms with Crippen LogP contribution in [0.2, 0.25) is 0 Å². The van der Waals surface area contributed by atoms with E-state index in [0.717, 1.165) is 31.8 Å².